The number of nitrogens with zero attached hydrogens (tertiary/aromatic N) is 1. The smallest absolute Gasteiger partial charge is 0.407 e. The molecule has 1 heterocycles. The normalized spacial score (nSPS) is 27.6. The third kappa shape index (κ3) is 20.4. The van der Waals surface area contributed by atoms with Crippen LogP contribution in [0.15, 0.2) is 0 Å². The standard InChI is InChI=1S/C41H77N3O10/c1-9-10-19-48-28-39(22-44-21-29(44)2)54-41(46)43-38-17-13-36(14-18-38)20-35-11-15-37(16-12-35)42-40(45)53-27-34(7)52-26-33(6)51-25-32(5)50-24-31(4)49-23-30(3)47-8/h29-39H,9-28H2,1-8H3,(H,42,45)(H,43,46)/t29?,30?,31?,32?,33?,34?,35-,36?,37+,38?,39?,44?. The Morgan fingerprint density at radius 3 is 1.59 bits per heavy atom. The van der Waals surface area contributed by atoms with Gasteiger partial charge in [0.1, 0.15) is 12.7 Å². The Labute approximate surface area is 326 Å². The number of nitrogens with one attached hydrogen (secondary N) is 2. The molecule has 2 aliphatic carbocycles. The van der Waals surface area contributed by atoms with Crippen LogP contribution in [0.5, 0.6) is 0 Å². The summed E-state index contributed by atoms with van der Waals surface area (Å²) in [5.74, 6) is 1.38. The maximum Gasteiger partial charge on any atom is 0.407 e. The van der Waals surface area contributed by atoms with Crippen molar-refractivity contribution in [2.75, 3.05) is 66.4 Å². The molecular weight excluding hydrogens is 694 g/mol. The second-order valence-electron chi connectivity index (χ2n) is 16.4. The highest BCUT2D eigenvalue weighted by molar-refractivity contribution is 5.68. The molecule has 0 aromatic carbocycles. The summed E-state index contributed by atoms with van der Waals surface area (Å²) in [6.07, 6.45) is 10.5. The van der Waals surface area contributed by atoms with E-state index >= 15 is 0 Å². The molecule has 8 atom stereocenters. The van der Waals surface area contributed by atoms with Crippen molar-refractivity contribution >= 4 is 12.2 Å². The van der Waals surface area contributed by atoms with Gasteiger partial charge in [0.2, 0.25) is 0 Å². The van der Waals surface area contributed by atoms with E-state index in [-0.39, 0.29) is 67.5 Å². The van der Waals surface area contributed by atoms with Crippen molar-refractivity contribution in [1.29, 1.82) is 0 Å². The Bertz CT molecular complexity index is 1010. The monoisotopic (exact) mass is 772 g/mol. The maximum atomic E-state index is 12.8. The lowest BCUT2D eigenvalue weighted by Gasteiger charge is -2.34. The highest BCUT2D eigenvalue weighted by atomic mass is 16.6. The molecule has 0 aromatic rings. The van der Waals surface area contributed by atoms with Crippen molar-refractivity contribution in [2.24, 2.45) is 11.8 Å². The molecule has 0 aromatic heterocycles. The van der Waals surface area contributed by atoms with E-state index in [0.29, 0.717) is 57.5 Å². The Morgan fingerprint density at radius 2 is 1.13 bits per heavy atom. The average molecular weight is 772 g/mol. The average Bonchev–Trinajstić information content (AvgIpc) is 3.86. The molecule has 8 unspecified atom stereocenters. The van der Waals surface area contributed by atoms with Gasteiger partial charge in [-0.2, -0.15) is 0 Å². The molecule has 3 aliphatic rings. The van der Waals surface area contributed by atoms with E-state index in [4.69, 9.17) is 37.9 Å². The number of ether oxygens (including phenoxy) is 8. The van der Waals surface area contributed by atoms with Gasteiger partial charge in [0.05, 0.1) is 63.6 Å². The van der Waals surface area contributed by atoms with Gasteiger partial charge in [-0.05, 0) is 118 Å². The highest BCUT2D eigenvalue weighted by Gasteiger charge is 2.33. The van der Waals surface area contributed by atoms with E-state index in [9.17, 15) is 9.59 Å². The number of carbonyl (C=O) groups is 2. The first-order valence-electron chi connectivity index (χ1n) is 21.1. The maximum absolute atomic E-state index is 12.8. The second-order valence-corrected chi connectivity index (χ2v) is 16.4. The molecule has 2 saturated carbocycles. The van der Waals surface area contributed by atoms with E-state index < -0.39 is 0 Å². The SMILES string of the molecule is CCCCOCC(CN1CC1C)OC(=O)NC1CCC(C[C@H]2CC[C@@H](NC(=O)OCC(C)OCC(C)OCC(C)OCC(C)OCC(C)OC)CC2)CC1. The van der Waals surface area contributed by atoms with Gasteiger partial charge in [-0.1, -0.05) is 13.3 Å². The minimum atomic E-state index is -0.377. The molecular formula is C41H77N3O10. The van der Waals surface area contributed by atoms with E-state index in [1.807, 2.05) is 34.6 Å². The number of methoxy groups -OCH3 is 1. The van der Waals surface area contributed by atoms with Crippen LogP contribution in [-0.2, 0) is 37.9 Å². The van der Waals surface area contributed by atoms with Gasteiger partial charge in [0.25, 0.3) is 0 Å². The first-order valence-corrected chi connectivity index (χ1v) is 21.1. The topological polar surface area (TPSA) is 135 Å². The molecule has 54 heavy (non-hydrogen) atoms. The molecule has 0 radical (unpaired) electrons. The highest BCUT2D eigenvalue weighted by Crippen LogP contribution is 2.35. The lowest BCUT2D eigenvalue weighted by atomic mass is 9.76. The lowest BCUT2D eigenvalue weighted by molar-refractivity contribution is -0.0955. The number of amides is 2. The van der Waals surface area contributed by atoms with E-state index in [0.717, 1.165) is 77.3 Å². The number of carbonyl (C=O) groups excluding carboxylic acids is 2. The van der Waals surface area contributed by atoms with Gasteiger partial charge in [0.15, 0.2) is 0 Å². The predicted molar refractivity (Wildman–Crippen MR) is 209 cm³/mol. The molecule has 2 N–H and O–H groups in total. The minimum absolute atomic E-state index is 0.0242. The molecule has 0 bridgehead atoms. The molecule has 3 rings (SSSR count). The van der Waals surface area contributed by atoms with E-state index in [1.165, 1.54) is 6.42 Å². The largest absolute Gasteiger partial charge is 0.447 e. The summed E-state index contributed by atoms with van der Waals surface area (Å²) in [4.78, 5) is 27.6. The zero-order valence-corrected chi connectivity index (χ0v) is 35.0. The van der Waals surface area contributed by atoms with E-state index in [2.05, 4.69) is 29.4 Å². The van der Waals surface area contributed by atoms with Gasteiger partial charge in [-0.25, -0.2) is 9.59 Å². The summed E-state index contributed by atoms with van der Waals surface area (Å²) in [6, 6.07) is 0.891. The van der Waals surface area contributed by atoms with Crippen LogP contribution >= 0.6 is 0 Å². The van der Waals surface area contributed by atoms with Crippen LogP contribution in [0.1, 0.15) is 119 Å². The number of rotatable bonds is 27. The first kappa shape index (κ1) is 46.6. The van der Waals surface area contributed by atoms with Gasteiger partial charge in [0, 0.05) is 44.9 Å². The predicted octanol–water partition coefficient (Wildman–Crippen LogP) is 6.49. The van der Waals surface area contributed by atoms with Gasteiger partial charge in [-0.3, -0.25) is 4.90 Å². The van der Waals surface area contributed by atoms with Crippen molar-refractivity contribution in [2.45, 2.75) is 174 Å². The number of alkyl carbamates (subject to hydrolysis) is 2. The van der Waals surface area contributed by atoms with Gasteiger partial charge < -0.3 is 48.5 Å². The summed E-state index contributed by atoms with van der Waals surface area (Å²) in [7, 11) is 1.67. The quantitative estimate of drug-likeness (QED) is 0.0701. The third-order valence-corrected chi connectivity index (χ3v) is 11.0. The van der Waals surface area contributed by atoms with Gasteiger partial charge in [-0.15, -0.1) is 0 Å². The molecule has 2 amide bonds. The molecule has 13 nitrogen and oxygen atoms in total. The zero-order valence-electron chi connectivity index (χ0n) is 35.0. The summed E-state index contributed by atoms with van der Waals surface area (Å²) in [5.41, 5.74) is 0. The van der Waals surface area contributed by atoms with E-state index in [1.54, 1.807) is 7.11 Å². The fourth-order valence-electron chi connectivity index (χ4n) is 7.16. The van der Waals surface area contributed by atoms with Crippen LogP contribution < -0.4 is 10.6 Å². The summed E-state index contributed by atoms with van der Waals surface area (Å²) >= 11 is 0. The van der Waals surface area contributed by atoms with Crippen molar-refractivity contribution in [1.82, 2.24) is 15.5 Å². The van der Waals surface area contributed by atoms with Crippen LogP contribution in [-0.4, -0.2) is 138 Å². The number of hydrogen-bond donors (Lipinski definition) is 2. The van der Waals surface area contributed by atoms with Crippen LogP contribution in [0.2, 0.25) is 0 Å². The summed E-state index contributed by atoms with van der Waals surface area (Å²) in [6.45, 7) is 19.1. The third-order valence-electron chi connectivity index (χ3n) is 11.0. The lowest BCUT2D eigenvalue weighted by Crippen LogP contribution is -2.42. The van der Waals surface area contributed by atoms with Crippen molar-refractivity contribution in [3.8, 4) is 0 Å². The molecule has 13 heteroatoms. The van der Waals surface area contributed by atoms with Crippen molar-refractivity contribution in [3.63, 3.8) is 0 Å². The van der Waals surface area contributed by atoms with Crippen LogP contribution in [0.25, 0.3) is 0 Å². The Morgan fingerprint density at radius 1 is 0.667 bits per heavy atom. The molecule has 316 valence electrons. The zero-order chi connectivity index (χ0) is 39.3. The fraction of sp³-hybridized carbons (Fsp3) is 0.951. The summed E-state index contributed by atoms with van der Waals surface area (Å²) < 4.78 is 45.6. The second kappa shape index (κ2) is 26.2. The summed E-state index contributed by atoms with van der Waals surface area (Å²) in [5, 5.41) is 6.21. The van der Waals surface area contributed by atoms with Crippen LogP contribution in [0.4, 0.5) is 9.59 Å². The number of hydrogen-bond acceptors (Lipinski definition) is 11. The van der Waals surface area contributed by atoms with Crippen molar-refractivity contribution in [3.05, 3.63) is 0 Å². The fourth-order valence-corrected chi connectivity index (χ4v) is 7.16. The molecule has 0 spiro atoms. The Kier molecular flexibility index (Phi) is 22.7. The van der Waals surface area contributed by atoms with Crippen LogP contribution in [0, 0.1) is 11.8 Å². The Balaban J connectivity index is 1.19. The first-order chi connectivity index (χ1) is 25.9. The van der Waals surface area contributed by atoms with Gasteiger partial charge >= 0.3 is 12.2 Å². The molecule has 1 aliphatic heterocycles. The minimum Gasteiger partial charge on any atom is -0.447 e. The van der Waals surface area contributed by atoms with Crippen molar-refractivity contribution < 1.29 is 47.5 Å². The Hall–Kier alpha value is -1.74. The molecule has 1 saturated heterocycles. The molecule has 3 fully saturated rings. The number of unbranched alkanes of at least 4 members (excludes halogenated alkanes) is 1. The van der Waals surface area contributed by atoms with Crippen LogP contribution in [0.3, 0.4) is 0 Å².